The van der Waals surface area contributed by atoms with Gasteiger partial charge in [-0.3, -0.25) is 9.59 Å². The Kier molecular flexibility index (Phi) is 5.34. The number of aromatic nitrogens is 1. The maximum absolute atomic E-state index is 12.6. The first-order valence-corrected chi connectivity index (χ1v) is 10.1. The summed E-state index contributed by atoms with van der Waals surface area (Å²) in [6, 6.07) is 5.32. The Balaban J connectivity index is 1.41. The third kappa shape index (κ3) is 3.89. The molecule has 1 aliphatic carbocycles. The normalized spacial score (nSPS) is 17.1. The Bertz CT molecular complexity index is 938. The Morgan fingerprint density at radius 2 is 1.79 bits per heavy atom. The van der Waals surface area contributed by atoms with Gasteiger partial charge in [-0.05, 0) is 38.0 Å². The second kappa shape index (κ2) is 7.76. The summed E-state index contributed by atoms with van der Waals surface area (Å²) in [5.74, 6) is 0.664. The fourth-order valence-corrected chi connectivity index (χ4v) is 3.99. The topological polar surface area (TPSA) is 62.7 Å². The first kappa shape index (κ1) is 19.3. The molecule has 1 saturated heterocycles. The number of ether oxygens (including phenoxy) is 1. The van der Waals surface area contributed by atoms with E-state index in [1.165, 1.54) is 0 Å². The van der Waals surface area contributed by atoms with Crippen LogP contribution in [-0.2, 0) is 9.59 Å². The molecule has 6 nitrogen and oxygen atoms in total. The van der Waals surface area contributed by atoms with Crippen LogP contribution < -0.4 is 4.74 Å². The summed E-state index contributed by atoms with van der Waals surface area (Å²) in [5, 5.41) is 1.54. The molecule has 2 aliphatic rings. The van der Waals surface area contributed by atoms with Crippen molar-refractivity contribution in [3.8, 4) is 5.75 Å². The first-order valence-electron chi connectivity index (χ1n) is 9.39. The highest BCUT2D eigenvalue weighted by atomic mass is 35.5. The molecule has 8 heteroatoms. The van der Waals surface area contributed by atoms with Crippen molar-refractivity contribution in [2.45, 2.75) is 19.8 Å². The molecule has 2 heterocycles. The Labute approximate surface area is 173 Å². The standard InChI is InChI=1S/C20H21Cl2N3O3/c1-12-2-5-14-15(21)10-16(22)19(18(14)23-12)28-11-17(26)24-6-8-25(9-7-24)20(27)13-3-4-13/h2,5,10,13H,3-4,6-9,11H2,1H3. The fraction of sp³-hybridized carbons (Fsp3) is 0.450. The molecule has 28 heavy (non-hydrogen) atoms. The smallest absolute Gasteiger partial charge is 0.260 e. The van der Waals surface area contributed by atoms with Crippen molar-refractivity contribution in [3.63, 3.8) is 0 Å². The molecule has 1 aromatic carbocycles. The molecule has 0 unspecified atom stereocenters. The van der Waals surface area contributed by atoms with Gasteiger partial charge in [-0.1, -0.05) is 23.2 Å². The van der Waals surface area contributed by atoms with Crippen LogP contribution in [0.5, 0.6) is 5.75 Å². The van der Waals surface area contributed by atoms with E-state index >= 15 is 0 Å². The number of pyridine rings is 1. The van der Waals surface area contributed by atoms with Gasteiger partial charge in [-0.2, -0.15) is 0 Å². The molecular formula is C20H21Cl2N3O3. The van der Waals surface area contributed by atoms with Gasteiger partial charge in [0.1, 0.15) is 5.52 Å². The monoisotopic (exact) mass is 421 g/mol. The van der Waals surface area contributed by atoms with Gasteiger partial charge in [0.05, 0.1) is 10.0 Å². The number of amides is 2. The van der Waals surface area contributed by atoms with E-state index in [1.54, 1.807) is 11.0 Å². The summed E-state index contributed by atoms with van der Waals surface area (Å²) >= 11 is 12.6. The van der Waals surface area contributed by atoms with Crippen molar-refractivity contribution >= 4 is 45.9 Å². The minimum Gasteiger partial charge on any atom is -0.480 e. The maximum atomic E-state index is 12.6. The summed E-state index contributed by atoms with van der Waals surface area (Å²) in [7, 11) is 0. The molecule has 1 aromatic heterocycles. The van der Waals surface area contributed by atoms with E-state index in [4.69, 9.17) is 27.9 Å². The third-order valence-electron chi connectivity index (χ3n) is 5.19. The van der Waals surface area contributed by atoms with Gasteiger partial charge in [0.15, 0.2) is 12.4 Å². The van der Waals surface area contributed by atoms with E-state index in [1.807, 2.05) is 24.0 Å². The number of rotatable bonds is 4. The van der Waals surface area contributed by atoms with Crippen LogP contribution in [0.3, 0.4) is 0 Å². The van der Waals surface area contributed by atoms with Gasteiger partial charge in [0.2, 0.25) is 5.91 Å². The third-order valence-corrected chi connectivity index (χ3v) is 5.78. The van der Waals surface area contributed by atoms with E-state index in [9.17, 15) is 9.59 Å². The van der Waals surface area contributed by atoms with E-state index < -0.39 is 0 Å². The Morgan fingerprint density at radius 3 is 2.46 bits per heavy atom. The summed E-state index contributed by atoms with van der Waals surface area (Å²) in [6.45, 7) is 3.92. The van der Waals surface area contributed by atoms with Crippen molar-refractivity contribution in [3.05, 3.63) is 33.9 Å². The number of benzene rings is 1. The predicted molar refractivity (Wildman–Crippen MR) is 108 cm³/mol. The van der Waals surface area contributed by atoms with Crippen LogP contribution in [-0.4, -0.2) is 59.4 Å². The van der Waals surface area contributed by atoms with Gasteiger partial charge in [-0.15, -0.1) is 0 Å². The average molecular weight is 422 g/mol. The lowest BCUT2D eigenvalue weighted by molar-refractivity contribution is -0.141. The van der Waals surface area contributed by atoms with Crippen molar-refractivity contribution in [2.24, 2.45) is 5.92 Å². The number of fused-ring (bicyclic) bond motifs is 1. The summed E-state index contributed by atoms with van der Waals surface area (Å²) < 4.78 is 5.77. The first-order chi connectivity index (χ1) is 13.4. The van der Waals surface area contributed by atoms with Gasteiger partial charge >= 0.3 is 0 Å². The minimum absolute atomic E-state index is 0.134. The lowest BCUT2D eigenvalue weighted by atomic mass is 10.2. The number of nitrogens with zero attached hydrogens (tertiary/aromatic N) is 3. The molecule has 0 atom stereocenters. The van der Waals surface area contributed by atoms with Crippen LogP contribution >= 0.6 is 23.2 Å². The molecule has 0 N–H and O–H groups in total. The van der Waals surface area contributed by atoms with Crippen LogP contribution in [0.1, 0.15) is 18.5 Å². The zero-order chi connectivity index (χ0) is 19.8. The van der Waals surface area contributed by atoms with Gasteiger partial charge in [0, 0.05) is 43.2 Å². The van der Waals surface area contributed by atoms with Crippen LogP contribution in [0.2, 0.25) is 10.0 Å². The molecule has 2 fully saturated rings. The second-order valence-electron chi connectivity index (χ2n) is 7.29. The highest BCUT2D eigenvalue weighted by Crippen LogP contribution is 2.37. The van der Waals surface area contributed by atoms with Crippen LogP contribution in [0.15, 0.2) is 18.2 Å². The van der Waals surface area contributed by atoms with Crippen LogP contribution in [0.25, 0.3) is 10.9 Å². The maximum Gasteiger partial charge on any atom is 0.260 e. The fourth-order valence-electron chi connectivity index (χ4n) is 3.42. The second-order valence-corrected chi connectivity index (χ2v) is 8.10. The molecular weight excluding hydrogens is 401 g/mol. The number of aryl methyl sites for hydroxylation is 1. The largest absolute Gasteiger partial charge is 0.480 e. The summed E-state index contributed by atoms with van der Waals surface area (Å²) in [6.07, 6.45) is 1.99. The molecule has 0 bridgehead atoms. The quantitative estimate of drug-likeness (QED) is 0.759. The highest BCUT2D eigenvalue weighted by molar-refractivity contribution is 6.39. The number of carbonyl (C=O) groups is 2. The Hall–Kier alpha value is -2.05. The van der Waals surface area contributed by atoms with Crippen LogP contribution in [0.4, 0.5) is 0 Å². The number of halogens is 2. The minimum atomic E-state index is -0.136. The molecule has 0 radical (unpaired) electrons. The van der Waals surface area contributed by atoms with Crippen molar-refractivity contribution in [1.82, 2.24) is 14.8 Å². The lowest BCUT2D eigenvalue weighted by Crippen LogP contribution is -2.52. The SMILES string of the molecule is Cc1ccc2c(Cl)cc(Cl)c(OCC(=O)N3CCN(C(=O)C4CC4)CC3)c2n1. The van der Waals surface area contributed by atoms with E-state index in [-0.39, 0.29) is 24.3 Å². The van der Waals surface area contributed by atoms with Crippen molar-refractivity contribution in [1.29, 1.82) is 0 Å². The number of hydrogen-bond donors (Lipinski definition) is 0. The summed E-state index contributed by atoms with van der Waals surface area (Å²) in [5.41, 5.74) is 1.35. The van der Waals surface area contributed by atoms with E-state index in [2.05, 4.69) is 4.98 Å². The zero-order valence-electron chi connectivity index (χ0n) is 15.6. The molecule has 148 valence electrons. The molecule has 1 saturated carbocycles. The van der Waals surface area contributed by atoms with Gasteiger partial charge < -0.3 is 14.5 Å². The number of hydrogen-bond acceptors (Lipinski definition) is 4. The number of carbonyl (C=O) groups excluding carboxylic acids is 2. The van der Waals surface area contributed by atoms with Gasteiger partial charge in [-0.25, -0.2) is 4.98 Å². The van der Waals surface area contributed by atoms with Gasteiger partial charge in [0.25, 0.3) is 5.91 Å². The van der Waals surface area contributed by atoms with E-state index in [0.29, 0.717) is 47.5 Å². The zero-order valence-corrected chi connectivity index (χ0v) is 17.1. The molecule has 1 aliphatic heterocycles. The lowest BCUT2D eigenvalue weighted by Gasteiger charge is -2.34. The molecule has 0 spiro atoms. The summed E-state index contributed by atoms with van der Waals surface area (Å²) in [4.78, 5) is 32.8. The van der Waals surface area contributed by atoms with Crippen molar-refractivity contribution in [2.75, 3.05) is 32.8 Å². The molecule has 2 amide bonds. The average Bonchev–Trinajstić information content (AvgIpc) is 3.52. The van der Waals surface area contributed by atoms with Crippen LogP contribution in [0, 0.1) is 12.8 Å². The highest BCUT2D eigenvalue weighted by Gasteiger charge is 2.35. The predicted octanol–water partition coefficient (Wildman–Crippen LogP) is 3.31. The number of piperazine rings is 1. The molecule has 2 aromatic rings. The van der Waals surface area contributed by atoms with E-state index in [0.717, 1.165) is 23.9 Å². The van der Waals surface area contributed by atoms with Crippen molar-refractivity contribution < 1.29 is 14.3 Å². The molecule has 4 rings (SSSR count). The Morgan fingerprint density at radius 1 is 1.11 bits per heavy atom.